The highest BCUT2D eigenvalue weighted by atomic mass is 31.1. The van der Waals surface area contributed by atoms with E-state index >= 15 is 0 Å². The van der Waals surface area contributed by atoms with E-state index in [0.29, 0.717) is 19.4 Å². The second-order valence-corrected chi connectivity index (χ2v) is 7.65. The van der Waals surface area contributed by atoms with Gasteiger partial charge in [0.1, 0.15) is 18.2 Å². The van der Waals surface area contributed by atoms with Crippen molar-refractivity contribution in [2.45, 2.75) is 103 Å². The molecule has 0 aliphatic heterocycles. The summed E-state index contributed by atoms with van der Waals surface area (Å²) < 4.78 is 14.3. The van der Waals surface area contributed by atoms with Crippen LogP contribution in [0.25, 0.3) is 0 Å². The maximum atomic E-state index is 9.89. The molecule has 0 saturated carbocycles. The standard InChI is InChI=1S/2C6H17N3.C5H11O3P/c2*1-2-3-4-5-6(7,8)9;1-2-3-4-5-8-9(6)7/h2*2-5,7-9H2,1H3;2-5H2,1H3/p+1. The van der Waals surface area contributed by atoms with E-state index in [9.17, 15) is 4.57 Å². The minimum absolute atomic E-state index is 0.402. The van der Waals surface area contributed by atoms with Gasteiger partial charge in [0.2, 0.25) is 0 Å². The van der Waals surface area contributed by atoms with Crippen molar-refractivity contribution < 1.29 is 14.0 Å². The van der Waals surface area contributed by atoms with Crippen molar-refractivity contribution >= 4 is 8.25 Å². The number of unbranched alkanes of at least 4 members (excludes halogenated alkanes) is 6. The highest BCUT2D eigenvalue weighted by molar-refractivity contribution is 7.32. The lowest BCUT2D eigenvalue weighted by Crippen LogP contribution is -2.57. The summed E-state index contributed by atoms with van der Waals surface area (Å²) in [5, 5.41) is 0. The van der Waals surface area contributed by atoms with E-state index in [2.05, 4.69) is 25.3 Å². The van der Waals surface area contributed by atoms with Crippen LogP contribution in [0.5, 0.6) is 0 Å². The predicted octanol–water partition coefficient (Wildman–Crippen LogP) is 2.04. The molecule has 9 nitrogen and oxygen atoms in total. The molecule has 0 spiro atoms. The zero-order chi connectivity index (χ0) is 21.8. The van der Waals surface area contributed by atoms with E-state index in [1.54, 1.807) is 0 Å². The Kier molecular flexibility index (Phi) is 23.9. The summed E-state index contributed by atoms with van der Waals surface area (Å²) >= 11 is 0. The highest BCUT2D eigenvalue weighted by Crippen LogP contribution is 2.14. The number of rotatable bonds is 13. The Bertz CT molecular complexity index is 303. The van der Waals surface area contributed by atoms with Gasteiger partial charge in [-0.25, -0.2) is 0 Å². The fraction of sp³-hybridized carbons (Fsp3) is 1.00. The smallest absolute Gasteiger partial charge is 0.301 e. The van der Waals surface area contributed by atoms with Gasteiger partial charge in [0.25, 0.3) is 0 Å². The topological polar surface area (TPSA) is 203 Å². The van der Waals surface area contributed by atoms with Crippen LogP contribution in [-0.4, -0.2) is 23.1 Å². The maximum Gasteiger partial charge on any atom is 0.694 e. The Morgan fingerprint density at radius 1 is 0.704 bits per heavy atom. The minimum atomic E-state index is -2.37. The monoisotopic (exact) mass is 413 g/mol. The van der Waals surface area contributed by atoms with Crippen LogP contribution in [0.1, 0.15) is 91.4 Å². The van der Waals surface area contributed by atoms with Gasteiger partial charge in [-0.3, -0.25) is 0 Å². The second-order valence-electron chi connectivity index (χ2n) is 6.92. The molecular weight excluding hydrogens is 367 g/mol. The Hall–Kier alpha value is -0.220. The molecule has 0 bridgehead atoms. The van der Waals surface area contributed by atoms with E-state index in [-0.39, 0.29) is 0 Å². The normalized spacial score (nSPS) is 11.9. The quantitative estimate of drug-likeness (QED) is 0.134. The van der Waals surface area contributed by atoms with Crippen LogP contribution in [0.15, 0.2) is 0 Å². The number of nitrogens with two attached hydrogens (primary N) is 6. The summed E-state index contributed by atoms with van der Waals surface area (Å²) in [5.41, 5.74) is 32.0. The molecular formula is C17H46N6O3P+. The zero-order valence-corrected chi connectivity index (χ0v) is 18.6. The van der Waals surface area contributed by atoms with Gasteiger partial charge in [0.05, 0.1) is 0 Å². The Balaban J connectivity index is -0.000000320. The molecule has 0 amide bonds. The van der Waals surface area contributed by atoms with Crippen LogP contribution in [0.4, 0.5) is 0 Å². The molecule has 1 unspecified atom stereocenters. The zero-order valence-electron chi connectivity index (χ0n) is 17.7. The molecule has 0 rings (SSSR count). The third-order valence-electron chi connectivity index (χ3n) is 3.38. The maximum absolute atomic E-state index is 9.89. The predicted molar refractivity (Wildman–Crippen MR) is 114 cm³/mol. The Morgan fingerprint density at radius 3 is 1.30 bits per heavy atom. The molecule has 27 heavy (non-hydrogen) atoms. The third-order valence-corrected chi connectivity index (χ3v) is 3.78. The minimum Gasteiger partial charge on any atom is -0.301 e. The highest BCUT2D eigenvalue weighted by Gasteiger charge is 2.10. The van der Waals surface area contributed by atoms with Crippen LogP contribution in [0.2, 0.25) is 0 Å². The van der Waals surface area contributed by atoms with Gasteiger partial charge in [-0.05, 0) is 32.1 Å². The molecule has 0 aromatic heterocycles. The molecule has 0 heterocycles. The van der Waals surface area contributed by atoms with Gasteiger partial charge < -0.3 is 34.4 Å². The lowest BCUT2D eigenvalue weighted by molar-refractivity contribution is 0.274. The van der Waals surface area contributed by atoms with Crippen LogP contribution < -0.4 is 34.4 Å². The van der Waals surface area contributed by atoms with Crippen LogP contribution in [0.3, 0.4) is 0 Å². The van der Waals surface area contributed by atoms with Gasteiger partial charge in [0.15, 0.2) is 0 Å². The van der Waals surface area contributed by atoms with E-state index in [1.807, 2.05) is 0 Å². The van der Waals surface area contributed by atoms with Crippen molar-refractivity contribution in [3.8, 4) is 0 Å². The van der Waals surface area contributed by atoms with E-state index < -0.39 is 19.8 Å². The lowest BCUT2D eigenvalue weighted by atomic mass is 10.1. The Morgan fingerprint density at radius 2 is 1.04 bits per heavy atom. The first-order chi connectivity index (χ1) is 12.4. The average Bonchev–Trinajstić information content (AvgIpc) is 2.51. The Labute approximate surface area is 166 Å². The summed E-state index contributed by atoms with van der Waals surface area (Å²) in [7, 11) is -2.37. The lowest BCUT2D eigenvalue weighted by Gasteiger charge is -2.17. The van der Waals surface area contributed by atoms with Crippen LogP contribution >= 0.6 is 8.25 Å². The summed E-state index contributed by atoms with van der Waals surface area (Å²) in [5.74, 6) is -1.90. The van der Waals surface area contributed by atoms with E-state index in [1.165, 1.54) is 12.8 Å². The van der Waals surface area contributed by atoms with Crippen LogP contribution in [0, 0.1) is 0 Å². The summed E-state index contributed by atoms with van der Waals surface area (Å²) in [6.45, 7) is 6.73. The SMILES string of the molecule is CCCCCC(N)(N)N.CCCCCC(N)(N)N.CCCCCO[P+](=O)O. The summed E-state index contributed by atoms with van der Waals surface area (Å²) in [6, 6.07) is 0. The molecule has 10 heteroatoms. The van der Waals surface area contributed by atoms with Gasteiger partial charge in [-0.15, -0.1) is 9.42 Å². The van der Waals surface area contributed by atoms with Crippen LogP contribution in [-0.2, 0) is 9.09 Å². The fourth-order valence-corrected chi connectivity index (χ4v) is 2.14. The van der Waals surface area contributed by atoms with Crippen molar-refractivity contribution in [1.82, 2.24) is 0 Å². The molecule has 0 fully saturated rings. The van der Waals surface area contributed by atoms with E-state index in [4.69, 9.17) is 39.3 Å². The molecule has 0 radical (unpaired) electrons. The van der Waals surface area contributed by atoms with Crippen molar-refractivity contribution in [3.63, 3.8) is 0 Å². The average molecular weight is 414 g/mol. The second kappa shape index (κ2) is 20.5. The first-order valence-corrected chi connectivity index (χ1v) is 11.0. The van der Waals surface area contributed by atoms with Crippen molar-refractivity contribution in [2.24, 2.45) is 34.4 Å². The molecule has 13 N–H and O–H groups in total. The van der Waals surface area contributed by atoms with Crippen molar-refractivity contribution in [1.29, 1.82) is 0 Å². The number of hydrogen-bond acceptors (Lipinski definition) is 8. The first kappa shape index (κ1) is 31.5. The van der Waals surface area contributed by atoms with Crippen molar-refractivity contribution in [2.75, 3.05) is 6.61 Å². The molecule has 0 aromatic carbocycles. The van der Waals surface area contributed by atoms with Crippen molar-refractivity contribution in [3.05, 3.63) is 0 Å². The molecule has 0 aromatic rings. The van der Waals surface area contributed by atoms with Gasteiger partial charge >= 0.3 is 8.25 Å². The molecule has 0 aliphatic carbocycles. The largest absolute Gasteiger partial charge is 0.694 e. The number of hydrogen-bond donors (Lipinski definition) is 7. The van der Waals surface area contributed by atoms with Gasteiger partial charge in [-0.2, -0.15) is 0 Å². The first-order valence-electron chi connectivity index (χ1n) is 9.91. The third kappa shape index (κ3) is 46.1. The molecule has 166 valence electrons. The molecule has 1 atom stereocenters. The van der Waals surface area contributed by atoms with E-state index in [0.717, 1.165) is 44.9 Å². The van der Waals surface area contributed by atoms with Gasteiger partial charge in [-0.1, -0.05) is 59.3 Å². The summed E-state index contributed by atoms with van der Waals surface area (Å²) in [4.78, 5) is 8.14. The van der Waals surface area contributed by atoms with Gasteiger partial charge in [0, 0.05) is 4.57 Å². The fourth-order valence-electron chi connectivity index (χ4n) is 1.86. The molecule has 0 saturated heterocycles. The molecule has 0 aliphatic rings. The summed E-state index contributed by atoms with van der Waals surface area (Å²) in [6.07, 6.45) is 11.2.